The predicted octanol–water partition coefficient (Wildman–Crippen LogP) is 2.24. The van der Waals surface area contributed by atoms with Gasteiger partial charge >= 0.3 is 0 Å². The van der Waals surface area contributed by atoms with Crippen LogP contribution in [0, 0.1) is 11.8 Å². The minimum absolute atomic E-state index is 0.0928. The van der Waals surface area contributed by atoms with E-state index in [0.29, 0.717) is 17.4 Å². The van der Waals surface area contributed by atoms with Gasteiger partial charge in [0.05, 0.1) is 11.3 Å². The minimum Gasteiger partial charge on any atom is -0.385 e. The van der Waals surface area contributed by atoms with Gasteiger partial charge in [0.15, 0.2) is 0 Å². The molecule has 0 aliphatic carbocycles. The average molecular weight is 247 g/mol. The Bertz CT molecular complexity index is 423. The van der Waals surface area contributed by atoms with Crippen molar-refractivity contribution in [3.63, 3.8) is 0 Å². The lowest BCUT2D eigenvalue weighted by Crippen LogP contribution is -2.29. The van der Waals surface area contributed by atoms with Crippen LogP contribution in [0.2, 0.25) is 0 Å². The smallest absolute Gasteiger partial charge is 0.257 e. The van der Waals surface area contributed by atoms with Gasteiger partial charge < -0.3 is 10.2 Å². The van der Waals surface area contributed by atoms with Gasteiger partial charge in [-0.2, -0.15) is 0 Å². The van der Waals surface area contributed by atoms with Crippen molar-refractivity contribution in [2.75, 3.05) is 25.0 Å². The largest absolute Gasteiger partial charge is 0.385 e. The molecule has 1 amide bonds. The fraction of sp³-hybridized carbons (Fsp3) is 0.571. The van der Waals surface area contributed by atoms with Gasteiger partial charge in [0.1, 0.15) is 0 Å². The van der Waals surface area contributed by atoms with Crippen molar-refractivity contribution in [1.82, 2.24) is 9.88 Å². The van der Waals surface area contributed by atoms with E-state index in [2.05, 4.69) is 24.1 Å². The van der Waals surface area contributed by atoms with E-state index in [0.717, 1.165) is 25.3 Å². The molecule has 0 radical (unpaired) electrons. The van der Waals surface area contributed by atoms with Gasteiger partial charge in [-0.15, -0.1) is 0 Å². The molecule has 1 fully saturated rings. The number of hydrogen-bond acceptors (Lipinski definition) is 3. The van der Waals surface area contributed by atoms with Crippen molar-refractivity contribution in [3.8, 4) is 0 Å². The van der Waals surface area contributed by atoms with Crippen LogP contribution in [0.1, 0.15) is 31.1 Å². The summed E-state index contributed by atoms with van der Waals surface area (Å²) >= 11 is 0. The maximum Gasteiger partial charge on any atom is 0.257 e. The van der Waals surface area contributed by atoms with E-state index in [9.17, 15) is 4.79 Å². The highest BCUT2D eigenvalue weighted by Gasteiger charge is 2.30. The molecule has 0 bridgehead atoms. The monoisotopic (exact) mass is 247 g/mol. The van der Waals surface area contributed by atoms with Crippen LogP contribution in [0.25, 0.3) is 0 Å². The number of amides is 1. The van der Waals surface area contributed by atoms with Crippen molar-refractivity contribution in [1.29, 1.82) is 0 Å². The maximum atomic E-state index is 12.5. The zero-order valence-electron chi connectivity index (χ0n) is 11.3. The second-order valence-electron chi connectivity index (χ2n) is 5.12. The lowest BCUT2D eigenvalue weighted by molar-refractivity contribution is 0.0785. The molecule has 1 aromatic heterocycles. The first kappa shape index (κ1) is 12.9. The molecule has 2 rings (SSSR count). The Morgan fingerprint density at radius 3 is 2.72 bits per heavy atom. The van der Waals surface area contributed by atoms with E-state index < -0.39 is 0 Å². The molecule has 0 saturated carbocycles. The Morgan fingerprint density at radius 1 is 1.44 bits per heavy atom. The van der Waals surface area contributed by atoms with E-state index in [-0.39, 0.29) is 5.91 Å². The van der Waals surface area contributed by atoms with Crippen LogP contribution in [-0.4, -0.2) is 35.4 Å². The Morgan fingerprint density at radius 2 is 2.11 bits per heavy atom. The second-order valence-corrected chi connectivity index (χ2v) is 5.12. The summed E-state index contributed by atoms with van der Waals surface area (Å²) in [4.78, 5) is 18.5. The first-order chi connectivity index (χ1) is 8.63. The van der Waals surface area contributed by atoms with Gasteiger partial charge in [0.25, 0.3) is 5.91 Å². The Kier molecular flexibility index (Phi) is 3.84. The van der Waals surface area contributed by atoms with E-state index in [1.54, 1.807) is 12.4 Å². The van der Waals surface area contributed by atoms with Crippen molar-refractivity contribution >= 4 is 11.6 Å². The Labute approximate surface area is 108 Å². The molecular weight excluding hydrogens is 226 g/mol. The van der Waals surface area contributed by atoms with Crippen molar-refractivity contribution < 1.29 is 4.79 Å². The van der Waals surface area contributed by atoms with Crippen LogP contribution in [0.5, 0.6) is 0 Å². The highest BCUT2D eigenvalue weighted by molar-refractivity contribution is 5.99. The van der Waals surface area contributed by atoms with Gasteiger partial charge in [-0.1, -0.05) is 13.8 Å². The number of aromatic nitrogens is 1. The molecule has 2 unspecified atom stereocenters. The van der Waals surface area contributed by atoms with Gasteiger partial charge in [-0.25, -0.2) is 0 Å². The quantitative estimate of drug-likeness (QED) is 0.891. The van der Waals surface area contributed by atoms with Crippen molar-refractivity contribution in [2.45, 2.75) is 20.8 Å². The molecule has 1 saturated heterocycles. The fourth-order valence-electron chi connectivity index (χ4n) is 2.38. The molecule has 2 atom stereocenters. The van der Waals surface area contributed by atoms with Gasteiger partial charge in [0, 0.05) is 32.0 Å². The summed E-state index contributed by atoms with van der Waals surface area (Å²) in [5.41, 5.74) is 1.56. The second kappa shape index (κ2) is 5.38. The van der Waals surface area contributed by atoms with Crippen molar-refractivity contribution in [3.05, 3.63) is 24.0 Å². The highest BCUT2D eigenvalue weighted by Crippen LogP contribution is 2.25. The highest BCUT2D eigenvalue weighted by atomic mass is 16.2. The zero-order chi connectivity index (χ0) is 13.1. The summed E-state index contributed by atoms with van der Waals surface area (Å²) in [6, 6.07) is 1.86. The number of carbonyl (C=O) groups is 1. The average Bonchev–Trinajstić information content (AvgIpc) is 2.70. The zero-order valence-corrected chi connectivity index (χ0v) is 11.3. The minimum atomic E-state index is 0.0928. The normalized spacial score (nSPS) is 23.2. The van der Waals surface area contributed by atoms with E-state index in [1.807, 2.05) is 17.9 Å². The summed E-state index contributed by atoms with van der Waals surface area (Å²) in [5, 5.41) is 3.22. The maximum absolute atomic E-state index is 12.5. The Hall–Kier alpha value is -1.58. The van der Waals surface area contributed by atoms with Crippen LogP contribution < -0.4 is 5.32 Å². The molecule has 1 N–H and O–H groups in total. The lowest BCUT2D eigenvalue weighted by atomic mass is 10.0. The molecule has 4 nitrogen and oxygen atoms in total. The van der Waals surface area contributed by atoms with Gasteiger partial charge in [-0.05, 0) is 24.8 Å². The molecular formula is C14H21N3O. The molecule has 1 aliphatic rings. The lowest BCUT2D eigenvalue weighted by Gasteiger charge is -2.18. The summed E-state index contributed by atoms with van der Waals surface area (Å²) in [5.74, 6) is 1.25. The van der Waals surface area contributed by atoms with Crippen LogP contribution in [0.4, 0.5) is 5.69 Å². The predicted molar refractivity (Wildman–Crippen MR) is 72.6 cm³/mol. The first-order valence-corrected chi connectivity index (χ1v) is 6.60. The van der Waals surface area contributed by atoms with Gasteiger partial charge in [0.2, 0.25) is 0 Å². The third-order valence-electron chi connectivity index (χ3n) is 3.69. The topological polar surface area (TPSA) is 45.2 Å². The van der Waals surface area contributed by atoms with E-state index >= 15 is 0 Å². The summed E-state index contributed by atoms with van der Waals surface area (Å²) in [7, 11) is 0. The van der Waals surface area contributed by atoms with Crippen molar-refractivity contribution in [2.24, 2.45) is 11.8 Å². The number of rotatable bonds is 3. The molecule has 18 heavy (non-hydrogen) atoms. The molecule has 4 heteroatoms. The molecule has 0 spiro atoms. The van der Waals surface area contributed by atoms with Crippen LogP contribution in [-0.2, 0) is 0 Å². The molecule has 0 aromatic carbocycles. The number of nitrogens with one attached hydrogen (secondary N) is 1. The van der Waals surface area contributed by atoms with Crippen LogP contribution in [0.15, 0.2) is 18.5 Å². The first-order valence-electron chi connectivity index (χ1n) is 6.60. The van der Waals surface area contributed by atoms with E-state index in [1.165, 1.54) is 0 Å². The number of hydrogen-bond donors (Lipinski definition) is 1. The summed E-state index contributed by atoms with van der Waals surface area (Å²) < 4.78 is 0. The standard InChI is InChI=1S/C14H21N3O/c1-4-16-13-5-6-15-7-12(13)14(18)17-8-10(2)11(3)9-17/h5-7,10-11H,4,8-9H2,1-3H3,(H,15,16). The Balaban J connectivity index is 2.19. The molecule has 98 valence electrons. The fourth-order valence-corrected chi connectivity index (χ4v) is 2.38. The molecule has 2 heterocycles. The number of likely N-dealkylation sites (tertiary alicyclic amines) is 1. The number of carbonyl (C=O) groups excluding carboxylic acids is 1. The third-order valence-corrected chi connectivity index (χ3v) is 3.69. The number of pyridine rings is 1. The van der Waals surface area contributed by atoms with Crippen LogP contribution >= 0.6 is 0 Å². The SMILES string of the molecule is CCNc1ccncc1C(=O)N1CC(C)C(C)C1. The number of anilines is 1. The third kappa shape index (κ3) is 2.47. The summed E-state index contributed by atoms with van der Waals surface area (Å²) in [6.45, 7) is 8.92. The van der Waals surface area contributed by atoms with E-state index in [4.69, 9.17) is 0 Å². The van der Waals surface area contributed by atoms with Crippen LogP contribution in [0.3, 0.4) is 0 Å². The number of nitrogens with zero attached hydrogens (tertiary/aromatic N) is 2. The van der Waals surface area contributed by atoms with Gasteiger partial charge in [-0.3, -0.25) is 9.78 Å². The molecule has 1 aromatic rings. The summed E-state index contributed by atoms with van der Waals surface area (Å²) in [6.07, 6.45) is 3.37. The molecule has 1 aliphatic heterocycles.